The number of aliphatic hydroxyl groups excluding tert-OH is 1. The molecule has 0 aliphatic heterocycles. The van der Waals surface area contributed by atoms with Crippen molar-refractivity contribution < 1.29 is 14.6 Å². The van der Waals surface area contributed by atoms with Gasteiger partial charge in [0.2, 0.25) is 5.91 Å². The van der Waals surface area contributed by atoms with E-state index in [-0.39, 0.29) is 38.7 Å². The minimum Gasteiger partial charge on any atom is -0.394 e. The highest BCUT2D eigenvalue weighted by atomic mass is 35.5. The second-order valence-electron chi connectivity index (χ2n) is 4.93. The van der Waals surface area contributed by atoms with E-state index in [1.165, 1.54) is 4.68 Å². The highest BCUT2D eigenvalue weighted by Gasteiger charge is 2.12. The van der Waals surface area contributed by atoms with Crippen LogP contribution in [0.4, 0.5) is 5.82 Å². The largest absolute Gasteiger partial charge is 0.394 e. The van der Waals surface area contributed by atoms with Crippen molar-refractivity contribution in [1.29, 1.82) is 0 Å². The van der Waals surface area contributed by atoms with E-state index in [4.69, 9.17) is 27.9 Å². The molecular weight excluding hydrogens is 330 g/mol. The van der Waals surface area contributed by atoms with Crippen molar-refractivity contribution in [3.63, 3.8) is 0 Å². The SMILES string of the molecule is C#CCOCCC(=O)Nc1cc(-c2cccc(Cl)c2)nn1CCO. The number of aliphatic hydroxyl groups is 1. The molecule has 1 heterocycles. The fraction of sp³-hybridized carbons (Fsp3) is 0.294. The summed E-state index contributed by atoms with van der Waals surface area (Å²) in [6.07, 6.45) is 5.25. The lowest BCUT2D eigenvalue weighted by molar-refractivity contribution is -0.117. The molecule has 0 fully saturated rings. The highest BCUT2D eigenvalue weighted by molar-refractivity contribution is 6.30. The van der Waals surface area contributed by atoms with E-state index >= 15 is 0 Å². The number of carbonyl (C=O) groups is 1. The first-order valence-corrected chi connectivity index (χ1v) is 7.77. The van der Waals surface area contributed by atoms with E-state index in [2.05, 4.69) is 16.3 Å². The molecule has 2 N–H and O–H groups in total. The quantitative estimate of drug-likeness (QED) is 0.567. The molecule has 0 unspecified atom stereocenters. The van der Waals surface area contributed by atoms with Gasteiger partial charge in [0.15, 0.2) is 0 Å². The fourth-order valence-electron chi connectivity index (χ4n) is 2.07. The summed E-state index contributed by atoms with van der Waals surface area (Å²) in [5.41, 5.74) is 1.48. The van der Waals surface area contributed by atoms with Gasteiger partial charge in [-0.05, 0) is 12.1 Å². The number of ether oxygens (including phenoxy) is 1. The number of hydrogen-bond acceptors (Lipinski definition) is 4. The molecule has 0 spiro atoms. The highest BCUT2D eigenvalue weighted by Crippen LogP contribution is 2.24. The van der Waals surface area contributed by atoms with Crippen LogP contribution in [0.15, 0.2) is 30.3 Å². The Morgan fingerprint density at radius 2 is 2.29 bits per heavy atom. The summed E-state index contributed by atoms with van der Waals surface area (Å²) in [6, 6.07) is 8.99. The first-order valence-electron chi connectivity index (χ1n) is 7.39. The molecule has 0 saturated heterocycles. The first kappa shape index (κ1) is 18.0. The van der Waals surface area contributed by atoms with Crippen LogP contribution in [0, 0.1) is 12.3 Å². The van der Waals surface area contributed by atoms with Gasteiger partial charge in [-0.15, -0.1) is 6.42 Å². The monoisotopic (exact) mass is 347 g/mol. The second kappa shape index (κ2) is 9.08. The molecule has 6 nitrogen and oxygen atoms in total. The zero-order chi connectivity index (χ0) is 17.4. The van der Waals surface area contributed by atoms with E-state index in [9.17, 15) is 4.79 Å². The van der Waals surface area contributed by atoms with Gasteiger partial charge in [-0.2, -0.15) is 5.10 Å². The Hall–Kier alpha value is -2.33. The summed E-state index contributed by atoms with van der Waals surface area (Å²) in [5.74, 6) is 2.62. The van der Waals surface area contributed by atoms with Crippen LogP contribution in [0.1, 0.15) is 6.42 Å². The van der Waals surface area contributed by atoms with Crippen molar-refractivity contribution >= 4 is 23.3 Å². The molecule has 2 rings (SSSR count). The molecule has 2 aromatic rings. The minimum atomic E-state index is -0.219. The number of rotatable bonds is 8. The summed E-state index contributed by atoms with van der Waals surface area (Å²) in [4.78, 5) is 12.0. The maximum Gasteiger partial charge on any atom is 0.227 e. The van der Waals surface area contributed by atoms with Crippen LogP contribution in [0.5, 0.6) is 0 Å². The van der Waals surface area contributed by atoms with E-state index in [1.54, 1.807) is 18.2 Å². The van der Waals surface area contributed by atoms with Crippen molar-refractivity contribution in [2.45, 2.75) is 13.0 Å². The number of nitrogens with zero attached hydrogens (tertiary/aromatic N) is 2. The zero-order valence-electron chi connectivity index (χ0n) is 13.0. The molecule has 7 heteroatoms. The van der Waals surface area contributed by atoms with Crippen LogP contribution >= 0.6 is 11.6 Å². The van der Waals surface area contributed by atoms with Gasteiger partial charge in [-0.25, -0.2) is 4.68 Å². The number of hydrogen-bond donors (Lipinski definition) is 2. The summed E-state index contributed by atoms with van der Waals surface area (Å²) < 4.78 is 6.62. The summed E-state index contributed by atoms with van der Waals surface area (Å²) in [7, 11) is 0. The molecule has 0 bridgehead atoms. The maximum absolute atomic E-state index is 12.0. The van der Waals surface area contributed by atoms with Crippen molar-refractivity contribution in [2.24, 2.45) is 0 Å². The lowest BCUT2D eigenvalue weighted by atomic mass is 10.1. The molecular formula is C17H18ClN3O3. The van der Waals surface area contributed by atoms with E-state index in [0.717, 1.165) is 5.56 Å². The van der Waals surface area contributed by atoms with Gasteiger partial charge in [0.1, 0.15) is 12.4 Å². The standard InChI is InChI=1S/C17H18ClN3O3/c1-2-9-24-10-6-17(23)19-16-12-15(20-21(16)7-8-22)13-4-3-5-14(18)11-13/h1,3-5,11-12,22H,6-10H2,(H,19,23). The fourth-order valence-corrected chi connectivity index (χ4v) is 2.26. The number of carbonyl (C=O) groups excluding carboxylic acids is 1. The van der Waals surface area contributed by atoms with Crippen LogP contribution in [0.2, 0.25) is 5.02 Å². The number of nitrogens with one attached hydrogen (secondary N) is 1. The number of halogens is 1. The van der Waals surface area contributed by atoms with Gasteiger partial charge < -0.3 is 15.2 Å². The minimum absolute atomic E-state index is 0.0924. The molecule has 0 saturated carbocycles. The van der Waals surface area contributed by atoms with Crippen molar-refractivity contribution in [2.75, 3.05) is 25.1 Å². The molecule has 1 aromatic carbocycles. The first-order chi connectivity index (χ1) is 11.6. The summed E-state index contributed by atoms with van der Waals surface area (Å²) in [6.45, 7) is 0.592. The van der Waals surface area contributed by atoms with Crippen LogP contribution in [0.3, 0.4) is 0 Å². The van der Waals surface area contributed by atoms with Crippen molar-refractivity contribution in [3.8, 4) is 23.6 Å². The third kappa shape index (κ3) is 5.10. The van der Waals surface area contributed by atoms with Crippen LogP contribution in [0.25, 0.3) is 11.3 Å². The maximum atomic E-state index is 12.0. The van der Waals surface area contributed by atoms with Crippen molar-refractivity contribution in [1.82, 2.24) is 9.78 Å². The predicted octanol–water partition coefficient (Wildman–Crippen LogP) is 2.17. The van der Waals surface area contributed by atoms with Gasteiger partial charge >= 0.3 is 0 Å². The molecule has 1 amide bonds. The Morgan fingerprint density at radius 3 is 3.00 bits per heavy atom. The molecule has 24 heavy (non-hydrogen) atoms. The lowest BCUT2D eigenvalue weighted by Gasteiger charge is -2.07. The summed E-state index contributed by atoms with van der Waals surface area (Å²) in [5, 5.41) is 16.9. The molecule has 0 atom stereocenters. The third-order valence-electron chi connectivity index (χ3n) is 3.14. The predicted molar refractivity (Wildman–Crippen MR) is 92.7 cm³/mol. The zero-order valence-corrected chi connectivity index (χ0v) is 13.8. The van der Waals surface area contributed by atoms with Crippen LogP contribution in [-0.4, -0.2) is 40.6 Å². The van der Waals surface area contributed by atoms with E-state index in [1.807, 2.05) is 12.1 Å². The van der Waals surface area contributed by atoms with Gasteiger partial charge in [0.25, 0.3) is 0 Å². The second-order valence-corrected chi connectivity index (χ2v) is 5.36. The average Bonchev–Trinajstić information content (AvgIpc) is 2.95. The number of benzene rings is 1. The van der Waals surface area contributed by atoms with Crippen LogP contribution < -0.4 is 5.32 Å². The number of aromatic nitrogens is 2. The molecule has 126 valence electrons. The molecule has 1 aromatic heterocycles. The van der Waals surface area contributed by atoms with Gasteiger partial charge in [-0.1, -0.05) is 29.7 Å². The average molecular weight is 348 g/mol. The van der Waals surface area contributed by atoms with Gasteiger partial charge in [-0.3, -0.25) is 4.79 Å². The van der Waals surface area contributed by atoms with Gasteiger partial charge in [0, 0.05) is 16.7 Å². The lowest BCUT2D eigenvalue weighted by Crippen LogP contribution is -2.18. The smallest absolute Gasteiger partial charge is 0.227 e. The Kier molecular flexibility index (Phi) is 6.82. The molecule has 0 aliphatic rings. The number of terminal acetylenes is 1. The van der Waals surface area contributed by atoms with E-state index < -0.39 is 0 Å². The Bertz CT molecular complexity index is 737. The number of anilines is 1. The Balaban J connectivity index is 2.11. The third-order valence-corrected chi connectivity index (χ3v) is 3.37. The van der Waals surface area contributed by atoms with Gasteiger partial charge in [0.05, 0.1) is 31.9 Å². The topological polar surface area (TPSA) is 76.4 Å². The summed E-state index contributed by atoms with van der Waals surface area (Å²) >= 11 is 6.00. The Morgan fingerprint density at radius 1 is 1.46 bits per heavy atom. The van der Waals surface area contributed by atoms with Crippen molar-refractivity contribution in [3.05, 3.63) is 35.4 Å². The normalized spacial score (nSPS) is 10.4. The van der Waals surface area contributed by atoms with E-state index in [0.29, 0.717) is 16.5 Å². The van der Waals surface area contributed by atoms with Crippen LogP contribution in [-0.2, 0) is 16.1 Å². The number of amides is 1. The Labute approximate surface area is 145 Å². The molecule has 0 radical (unpaired) electrons. The molecule has 0 aliphatic carbocycles.